The van der Waals surface area contributed by atoms with E-state index in [9.17, 15) is 4.79 Å². The Labute approximate surface area is 112 Å². The molecule has 1 amide bonds. The summed E-state index contributed by atoms with van der Waals surface area (Å²) in [6.07, 6.45) is 1.91. The summed E-state index contributed by atoms with van der Waals surface area (Å²) in [4.78, 5) is 13.8. The monoisotopic (exact) mass is 258 g/mol. The summed E-state index contributed by atoms with van der Waals surface area (Å²) in [7, 11) is 4.11. The second-order valence-electron chi connectivity index (χ2n) is 5.99. The van der Waals surface area contributed by atoms with Gasteiger partial charge in [-0.1, -0.05) is 26.7 Å². The smallest absolute Gasteiger partial charge is 0.407 e. The summed E-state index contributed by atoms with van der Waals surface area (Å²) in [5, 5.41) is 2.87. The molecule has 0 saturated heterocycles. The molecule has 1 atom stereocenters. The molecule has 0 aromatic rings. The molecule has 0 aliphatic carbocycles. The van der Waals surface area contributed by atoms with Crippen LogP contribution in [-0.2, 0) is 4.74 Å². The van der Waals surface area contributed by atoms with Gasteiger partial charge in [-0.15, -0.1) is 0 Å². The van der Waals surface area contributed by atoms with Crippen molar-refractivity contribution in [3.8, 4) is 0 Å². The van der Waals surface area contributed by atoms with Gasteiger partial charge in [-0.3, -0.25) is 0 Å². The van der Waals surface area contributed by atoms with Gasteiger partial charge in [0, 0.05) is 12.6 Å². The number of amides is 1. The molecule has 0 fully saturated rings. The highest BCUT2D eigenvalue weighted by atomic mass is 16.6. The zero-order chi connectivity index (χ0) is 14.3. The Hall–Kier alpha value is -0.770. The fourth-order valence-corrected chi connectivity index (χ4v) is 2.11. The summed E-state index contributed by atoms with van der Waals surface area (Å²) in [6, 6.07) is 0.354. The molecular formula is C14H30N2O2. The number of ether oxygens (including phenoxy) is 1. The number of alkyl carbamates (subject to hydrolysis) is 1. The first-order valence-electron chi connectivity index (χ1n) is 6.84. The molecule has 4 nitrogen and oxygen atoms in total. The predicted octanol–water partition coefficient (Wildman–Crippen LogP) is 2.88. The molecule has 0 saturated carbocycles. The molecule has 0 aliphatic heterocycles. The van der Waals surface area contributed by atoms with Crippen LogP contribution in [0.4, 0.5) is 4.79 Å². The summed E-state index contributed by atoms with van der Waals surface area (Å²) in [5.41, 5.74) is -0.438. The van der Waals surface area contributed by atoms with Crippen molar-refractivity contribution in [2.75, 3.05) is 20.6 Å². The van der Waals surface area contributed by atoms with Crippen molar-refractivity contribution < 1.29 is 9.53 Å². The Morgan fingerprint density at radius 3 is 2.06 bits per heavy atom. The van der Waals surface area contributed by atoms with Crippen molar-refractivity contribution in [3.63, 3.8) is 0 Å². The van der Waals surface area contributed by atoms with Gasteiger partial charge in [-0.2, -0.15) is 0 Å². The minimum absolute atomic E-state index is 0.333. The van der Waals surface area contributed by atoms with Crippen molar-refractivity contribution in [2.24, 2.45) is 5.92 Å². The molecule has 0 aromatic carbocycles. The third-order valence-corrected chi connectivity index (χ3v) is 3.11. The molecule has 0 radical (unpaired) electrons. The standard InChI is InChI=1S/C14H30N2O2/c1-8-11(9-2)12(16(6)7)10-15-13(17)18-14(3,4)5/h11-12H,8-10H2,1-7H3,(H,15,17). The maximum Gasteiger partial charge on any atom is 0.407 e. The minimum atomic E-state index is -0.438. The highest BCUT2D eigenvalue weighted by molar-refractivity contribution is 5.67. The summed E-state index contributed by atoms with van der Waals surface area (Å²) in [5.74, 6) is 0.593. The fraction of sp³-hybridized carbons (Fsp3) is 0.929. The molecule has 0 aliphatic rings. The molecule has 0 bridgehead atoms. The first-order chi connectivity index (χ1) is 8.21. The van der Waals surface area contributed by atoms with E-state index in [-0.39, 0.29) is 6.09 Å². The first kappa shape index (κ1) is 17.2. The highest BCUT2D eigenvalue weighted by Crippen LogP contribution is 2.16. The Morgan fingerprint density at radius 1 is 1.22 bits per heavy atom. The van der Waals surface area contributed by atoms with Crippen LogP contribution in [0, 0.1) is 5.92 Å². The Kier molecular flexibility index (Phi) is 7.29. The molecular weight excluding hydrogens is 228 g/mol. The lowest BCUT2D eigenvalue weighted by molar-refractivity contribution is 0.0503. The topological polar surface area (TPSA) is 41.6 Å². The third kappa shape index (κ3) is 6.84. The number of nitrogens with zero attached hydrogens (tertiary/aromatic N) is 1. The van der Waals surface area contributed by atoms with Gasteiger partial charge in [0.05, 0.1) is 0 Å². The van der Waals surface area contributed by atoms with Crippen molar-refractivity contribution in [1.82, 2.24) is 10.2 Å². The van der Waals surface area contributed by atoms with E-state index in [0.29, 0.717) is 18.5 Å². The number of hydrogen-bond acceptors (Lipinski definition) is 3. The number of hydrogen-bond donors (Lipinski definition) is 1. The van der Waals surface area contributed by atoms with Gasteiger partial charge in [-0.25, -0.2) is 4.79 Å². The van der Waals surface area contributed by atoms with Gasteiger partial charge >= 0.3 is 6.09 Å². The van der Waals surface area contributed by atoms with Crippen LogP contribution in [0.2, 0.25) is 0 Å². The second kappa shape index (κ2) is 7.62. The maximum absolute atomic E-state index is 11.6. The zero-order valence-corrected chi connectivity index (χ0v) is 13.0. The molecule has 4 heteroatoms. The minimum Gasteiger partial charge on any atom is -0.444 e. The van der Waals surface area contributed by atoms with Gasteiger partial charge in [0.1, 0.15) is 5.60 Å². The Balaban J connectivity index is 4.32. The number of carbonyl (C=O) groups is 1. The van der Waals surface area contributed by atoms with Gasteiger partial charge < -0.3 is 15.0 Å². The van der Waals surface area contributed by atoms with Crippen molar-refractivity contribution in [3.05, 3.63) is 0 Å². The van der Waals surface area contributed by atoms with Crippen LogP contribution >= 0.6 is 0 Å². The van der Waals surface area contributed by atoms with Gasteiger partial charge in [0.2, 0.25) is 0 Å². The lowest BCUT2D eigenvalue weighted by atomic mass is 9.93. The second-order valence-corrected chi connectivity index (χ2v) is 5.99. The van der Waals surface area contributed by atoms with Crippen LogP contribution in [0.3, 0.4) is 0 Å². The number of rotatable bonds is 6. The normalized spacial score (nSPS) is 13.8. The molecule has 18 heavy (non-hydrogen) atoms. The first-order valence-corrected chi connectivity index (χ1v) is 6.84. The van der Waals surface area contributed by atoms with Gasteiger partial charge in [0.25, 0.3) is 0 Å². The average molecular weight is 258 g/mol. The summed E-state index contributed by atoms with van der Waals surface area (Å²) >= 11 is 0. The molecule has 0 aromatic heterocycles. The SMILES string of the molecule is CCC(CC)C(CNC(=O)OC(C)(C)C)N(C)C. The number of likely N-dealkylation sites (N-methyl/N-ethyl adjacent to an activating group) is 1. The van der Waals surface area contributed by atoms with E-state index in [2.05, 4.69) is 38.2 Å². The molecule has 108 valence electrons. The summed E-state index contributed by atoms with van der Waals surface area (Å²) in [6.45, 7) is 10.6. The van der Waals surface area contributed by atoms with Crippen LogP contribution < -0.4 is 5.32 Å². The van der Waals surface area contributed by atoms with Crippen LogP contribution in [0.25, 0.3) is 0 Å². The molecule has 1 N–H and O–H groups in total. The third-order valence-electron chi connectivity index (χ3n) is 3.11. The van der Waals surface area contributed by atoms with Crippen LogP contribution in [0.1, 0.15) is 47.5 Å². The van der Waals surface area contributed by atoms with E-state index in [0.717, 1.165) is 12.8 Å². The van der Waals surface area contributed by atoms with E-state index < -0.39 is 5.60 Å². The largest absolute Gasteiger partial charge is 0.444 e. The lowest BCUT2D eigenvalue weighted by Crippen LogP contribution is -2.45. The van der Waals surface area contributed by atoms with E-state index in [1.165, 1.54) is 0 Å². The molecule has 0 rings (SSSR count). The van der Waals surface area contributed by atoms with E-state index in [1.807, 2.05) is 20.8 Å². The Bertz CT molecular complexity index is 243. The number of carbonyl (C=O) groups excluding carboxylic acids is 1. The zero-order valence-electron chi connectivity index (χ0n) is 13.0. The number of nitrogens with one attached hydrogen (secondary N) is 1. The molecule has 0 heterocycles. The fourth-order valence-electron chi connectivity index (χ4n) is 2.11. The molecule has 1 unspecified atom stereocenters. The van der Waals surface area contributed by atoms with Gasteiger partial charge in [-0.05, 0) is 40.8 Å². The summed E-state index contributed by atoms with van der Waals surface area (Å²) < 4.78 is 5.25. The van der Waals surface area contributed by atoms with Gasteiger partial charge in [0.15, 0.2) is 0 Å². The van der Waals surface area contributed by atoms with Crippen molar-refractivity contribution in [1.29, 1.82) is 0 Å². The van der Waals surface area contributed by atoms with Crippen LogP contribution in [0.15, 0.2) is 0 Å². The quantitative estimate of drug-likeness (QED) is 0.796. The maximum atomic E-state index is 11.6. The average Bonchev–Trinajstić information content (AvgIpc) is 2.21. The lowest BCUT2D eigenvalue weighted by Gasteiger charge is -2.31. The van der Waals surface area contributed by atoms with Crippen molar-refractivity contribution in [2.45, 2.75) is 59.1 Å². The van der Waals surface area contributed by atoms with Crippen molar-refractivity contribution >= 4 is 6.09 Å². The van der Waals surface area contributed by atoms with E-state index >= 15 is 0 Å². The van der Waals surface area contributed by atoms with E-state index in [1.54, 1.807) is 0 Å². The van der Waals surface area contributed by atoms with E-state index in [4.69, 9.17) is 4.74 Å². The molecule has 0 spiro atoms. The predicted molar refractivity (Wildman–Crippen MR) is 75.8 cm³/mol. The van der Waals surface area contributed by atoms with Crippen LogP contribution in [0.5, 0.6) is 0 Å². The highest BCUT2D eigenvalue weighted by Gasteiger charge is 2.22. The van der Waals surface area contributed by atoms with Crippen LogP contribution in [-0.4, -0.2) is 43.3 Å². The Morgan fingerprint density at radius 2 is 1.72 bits per heavy atom.